The second-order valence-corrected chi connectivity index (χ2v) is 6.88. The van der Waals surface area contributed by atoms with E-state index in [1.165, 1.54) is 18.0 Å². The van der Waals surface area contributed by atoms with Gasteiger partial charge in [0, 0.05) is 5.75 Å². The van der Waals surface area contributed by atoms with Crippen LogP contribution < -0.4 is 25.6 Å². The average molecular weight is 421 g/mol. The average Bonchev–Trinajstić information content (AvgIpc) is 3.24. The van der Waals surface area contributed by atoms with Crippen molar-refractivity contribution in [2.75, 3.05) is 20.0 Å². The second kappa shape index (κ2) is 11.0. The predicted molar refractivity (Wildman–Crippen MR) is 107 cm³/mol. The highest BCUT2D eigenvalue weighted by Crippen LogP contribution is 2.31. The van der Waals surface area contributed by atoms with Crippen LogP contribution in [0, 0.1) is 6.92 Å². The number of nitrogens with one attached hydrogen (secondary N) is 3. The Morgan fingerprint density at radius 2 is 1.79 bits per heavy atom. The lowest BCUT2D eigenvalue weighted by Gasteiger charge is -2.12. The minimum atomic E-state index is -0.967. The Labute approximate surface area is 172 Å². The Morgan fingerprint density at radius 3 is 2.45 bits per heavy atom. The van der Waals surface area contributed by atoms with Crippen molar-refractivity contribution in [2.24, 2.45) is 0 Å². The molecule has 156 valence electrons. The maximum atomic E-state index is 11.9. The third kappa shape index (κ3) is 6.75. The predicted octanol–water partition coefficient (Wildman–Crippen LogP) is 1.30. The van der Waals surface area contributed by atoms with Gasteiger partial charge in [-0.1, -0.05) is 0 Å². The zero-order valence-electron chi connectivity index (χ0n) is 16.4. The molecule has 3 amide bonds. The fourth-order valence-electron chi connectivity index (χ4n) is 2.31. The molecule has 10 heteroatoms. The molecule has 0 aliphatic rings. The molecular formula is C19H23N3O6S. The SMILES string of the molecule is COc1cc(C)c(CSCC(=O)NNC(=O)C(=O)NCc2ccco2)cc1OC. The third-order valence-electron chi connectivity index (χ3n) is 3.86. The van der Waals surface area contributed by atoms with Crippen LogP contribution in [-0.4, -0.2) is 37.7 Å². The van der Waals surface area contributed by atoms with E-state index in [4.69, 9.17) is 13.9 Å². The molecule has 0 radical (unpaired) electrons. The van der Waals surface area contributed by atoms with E-state index < -0.39 is 17.7 Å². The first-order valence-electron chi connectivity index (χ1n) is 8.63. The summed E-state index contributed by atoms with van der Waals surface area (Å²) >= 11 is 1.36. The molecule has 0 bridgehead atoms. The maximum Gasteiger partial charge on any atom is 0.327 e. The van der Waals surface area contributed by atoms with Crippen molar-refractivity contribution in [3.05, 3.63) is 47.4 Å². The summed E-state index contributed by atoms with van der Waals surface area (Å²) in [7, 11) is 3.13. The van der Waals surface area contributed by atoms with Crippen molar-refractivity contribution in [3.63, 3.8) is 0 Å². The number of aryl methyl sites for hydroxylation is 1. The van der Waals surface area contributed by atoms with Crippen LogP contribution in [0.5, 0.6) is 11.5 Å². The molecule has 9 nitrogen and oxygen atoms in total. The number of carbonyl (C=O) groups is 3. The normalized spacial score (nSPS) is 10.2. The minimum absolute atomic E-state index is 0.0771. The molecule has 2 aromatic rings. The smallest absolute Gasteiger partial charge is 0.327 e. The van der Waals surface area contributed by atoms with E-state index in [0.29, 0.717) is 23.0 Å². The number of hydrazine groups is 1. The number of hydrogen-bond donors (Lipinski definition) is 3. The Morgan fingerprint density at radius 1 is 1.07 bits per heavy atom. The van der Waals surface area contributed by atoms with Gasteiger partial charge in [0.05, 0.1) is 32.8 Å². The highest BCUT2D eigenvalue weighted by Gasteiger charge is 2.15. The van der Waals surface area contributed by atoms with E-state index >= 15 is 0 Å². The first kappa shape index (κ1) is 22.2. The van der Waals surface area contributed by atoms with Gasteiger partial charge in [-0.3, -0.25) is 25.2 Å². The van der Waals surface area contributed by atoms with Crippen LogP contribution in [0.15, 0.2) is 34.9 Å². The lowest BCUT2D eigenvalue weighted by atomic mass is 10.1. The molecule has 1 aromatic carbocycles. The van der Waals surface area contributed by atoms with Gasteiger partial charge in [0.15, 0.2) is 11.5 Å². The molecule has 1 heterocycles. The van der Waals surface area contributed by atoms with Crippen molar-refractivity contribution in [1.82, 2.24) is 16.2 Å². The molecule has 1 aromatic heterocycles. The van der Waals surface area contributed by atoms with Gasteiger partial charge in [-0.15, -0.1) is 11.8 Å². The van der Waals surface area contributed by atoms with Crippen LogP contribution in [0.1, 0.15) is 16.9 Å². The fraction of sp³-hybridized carbons (Fsp3) is 0.316. The number of ether oxygens (including phenoxy) is 2. The van der Waals surface area contributed by atoms with Gasteiger partial charge in [0.25, 0.3) is 0 Å². The molecule has 0 aliphatic heterocycles. The number of benzene rings is 1. The third-order valence-corrected chi connectivity index (χ3v) is 4.84. The van der Waals surface area contributed by atoms with Crippen molar-refractivity contribution in [1.29, 1.82) is 0 Å². The summed E-state index contributed by atoms with van der Waals surface area (Å²) in [5, 5.41) is 2.38. The van der Waals surface area contributed by atoms with Crippen LogP contribution >= 0.6 is 11.8 Å². The first-order chi connectivity index (χ1) is 13.9. The molecule has 3 N–H and O–H groups in total. The fourth-order valence-corrected chi connectivity index (χ4v) is 3.20. The van der Waals surface area contributed by atoms with Crippen LogP contribution in [0.2, 0.25) is 0 Å². The maximum absolute atomic E-state index is 11.9. The van der Waals surface area contributed by atoms with Gasteiger partial charge < -0.3 is 19.2 Å². The summed E-state index contributed by atoms with van der Waals surface area (Å²) in [6, 6.07) is 7.07. The van der Waals surface area contributed by atoms with E-state index in [9.17, 15) is 14.4 Å². The van der Waals surface area contributed by atoms with E-state index in [1.807, 2.05) is 19.1 Å². The summed E-state index contributed by atoms with van der Waals surface area (Å²) in [6.45, 7) is 2.02. The lowest BCUT2D eigenvalue weighted by Crippen LogP contribution is -2.48. The first-order valence-corrected chi connectivity index (χ1v) is 9.78. The zero-order chi connectivity index (χ0) is 21.2. The van der Waals surface area contributed by atoms with E-state index in [1.54, 1.807) is 26.4 Å². The van der Waals surface area contributed by atoms with Crippen molar-refractivity contribution >= 4 is 29.5 Å². The zero-order valence-corrected chi connectivity index (χ0v) is 17.2. The Balaban J connectivity index is 1.71. The van der Waals surface area contributed by atoms with Gasteiger partial charge in [0.2, 0.25) is 5.91 Å². The van der Waals surface area contributed by atoms with Gasteiger partial charge >= 0.3 is 11.8 Å². The quantitative estimate of drug-likeness (QED) is 0.434. The Hall–Kier alpha value is -3.14. The lowest BCUT2D eigenvalue weighted by molar-refractivity contribution is -0.140. The van der Waals surface area contributed by atoms with Gasteiger partial charge in [-0.05, 0) is 42.3 Å². The van der Waals surface area contributed by atoms with Crippen LogP contribution in [-0.2, 0) is 26.7 Å². The Kier molecular flexibility index (Phi) is 8.41. The summed E-state index contributed by atoms with van der Waals surface area (Å²) in [5.41, 5.74) is 6.30. The standard InChI is InChI=1S/C19H23N3O6S/c1-12-7-15(26-2)16(27-3)8-13(12)10-29-11-17(23)21-22-19(25)18(24)20-9-14-5-4-6-28-14/h4-8H,9-11H2,1-3H3,(H,20,24)(H,21,23)(H,22,25). The monoisotopic (exact) mass is 421 g/mol. The van der Waals surface area contributed by atoms with Crippen molar-refractivity contribution in [2.45, 2.75) is 19.2 Å². The van der Waals surface area contributed by atoms with Gasteiger partial charge in [0.1, 0.15) is 5.76 Å². The molecule has 0 aliphatic carbocycles. The molecule has 0 unspecified atom stereocenters. The summed E-state index contributed by atoms with van der Waals surface area (Å²) in [6.07, 6.45) is 1.46. The molecule has 0 saturated heterocycles. The molecule has 0 atom stereocenters. The number of thioether (sulfide) groups is 1. The highest BCUT2D eigenvalue weighted by atomic mass is 32.2. The molecule has 2 rings (SSSR count). The largest absolute Gasteiger partial charge is 0.493 e. The number of rotatable bonds is 8. The van der Waals surface area contributed by atoms with Crippen molar-refractivity contribution in [3.8, 4) is 11.5 Å². The number of furan rings is 1. The second-order valence-electron chi connectivity index (χ2n) is 5.89. The molecule has 0 spiro atoms. The molecule has 0 saturated carbocycles. The van der Waals surface area contributed by atoms with Crippen LogP contribution in [0.25, 0.3) is 0 Å². The summed E-state index contributed by atoms with van der Waals surface area (Å²) in [4.78, 5) is 35.2. The van der Waals surface area contributed by atoms with Crippen LogP contribution in [0.4, 0.5) is 0 Å². The molecule has 0 fully saturated rings. The van der Waals surface area contributed by atoms with E-state index in [-0.39, 0.29) is 12.3 Å². The van der Waals surface area contributed by atoms with Crippen molar-refractivity contribution < 1.29 is 28.3 Å². The summed E-state index contributed by atoms with van der Waals surface area (Å²) < 4.78 is 15.6. The van der Waals surface area contributed by atoms with Gasteiger partial charge in [-0.25, -0.2) is 0 Å². The highest BCUT2D eigenvalue weighted by molar-refractivity contribution is 7.99. The summed E-state index contributed by atoms with van der Waals surface area (Å²) in [5.74, 6) is 0.160. The van der Waals surface area contributed by atoms with E-state index in [2.05, 4.69) is 16.2 Å². The molecule has 29 heavy (non-hydrogen) atoms. The Bertz CT molecular complexity index is 854. The van der Waals surface area contributed by atoms with Crippen LogP contribution in [0.3, 0.4) is 0 Å². The van der Waals surface area contributed by atoms with E-state index in [0.717, 1.165) is 11.1 Å². The topological polar surface area (TPSA) is 119 Å². The number of amides is 3. The van der Waals surface area contributed by atoms with Gasteiger partial charge in [-0.2, -0.15) is 0 Å². The number of hydrogen-bond acceptors (Lipinski definition) is 7. The number of methoxy groups -OCH3 is 2. The molecular weight excluding hydrogens is 398 g/mol. The number of carbonyl (C=O) groups excluding carboxylic acids is 3. The minimum Gasteiger partial charge on any atom is -0.493 e.